The molecule has 98 valence electrons. The molecule has 1 aromatic heterocycles. The van der Waals surface area contributed by atoms with Gasteiger partial charge in [0.1, 0.15) is 0 Å². The van der Waals surface area contributed by atoms with Gasteiger partial charge in [-0.2, -0.15) is 0 Å². The predicted molar refractivity (Wildman–Crippen MR) is 70.1 cm³/mol. The molecule has 0 fully saturated rings. The summed E-state index contributed by atoms with van der Waals surface area (Å²) in [4.78, 5) is 27.8. The van der Waals surface area contributed by atoms with Gasteiger partial charge in [0, 0.05) is 31.1 Å². The molecule has 2 N–H and O–H groups in total. The van der Waals surface area contributed by atoms with Crippen LogP contribution in [-0.2, 0) is 6.42 Å². The summed E-state index contributed by atoms with van der Waals surface area (Å²) in [7, 11) is 0. The molecule has 0 aliphatic rings. The Morgan fingerprint density at radius 1 is 1.32 bits per heavy atom. The van der Waals surface area contributed by atoms with Crippen LogP contribution in [0.15, 0.2) is 41.5 Å². The van der Waals surface area contributed by atoms with Crippen molar-refractivity contribution in [3.63, 3.8) is 0 Å². The van der Waals surface area contributed by atoms with Crippen LogP contribution < -0.4 is 10.9 Å². The molecule has 1 heterocycles. The number of nitro groups is 1. The van der Waals surface area contributed by atoms with Crippen LogP contribution in [0.1, 0.15) is 5.56 Å². The molecule has 2 aromatic rings. The Bertz CT molecular complexity index is 621. The van der Waals surface area contributed by atoms with E-state index in [-0.39, 0.29) is 17.1 Å². The third kappa shape index (κ3) is 3.38. The van der Waals surface area contributed by atoms with E-state index in [0.29, 0.717) is 13.0 Å². The molecular weight excluding hydrogens is 248 g/mol. The van der Waals surface area contributed by atoms with E-state index in [4.69, 9.17) is 0 Å². The lowest BCUT2D eigenvalue weighted by atomic mass is 10.1. The van der Waals surface area contributed by atoms with Crippen molar-refractivity contribution in [2.45, 2.75) is 6.42 Å². The molecule has 0 aliphatic carbocycles. The summed E-state index contributed by atoms with van der Waals surface area (Å²) in [6.45, 7) is 0.526. The highest BCUT2D eigenvalue weighted by Gasteiger charge is 2.04. The number of hydrogen-bond donors (Lipinski definition) is 2. The minimum Gasteiger partial charge on any atom is -0.365 e. The predicted octanol–water partition coefficient (Wildman–Crippen LogP) is 1.33. The number of nitro benzene ring substituents is 1. The van der Waals surface area contributed by atoms with Crippen molar-refractivity contribution in [3.8, 4) is 0 Å². The van der Waals surface area contributed by atoms with Crippen LogP contribution in [0, 0.1) is 10.1 Å². The standard InChI is InChI=1S/C12H12N4O3/c17-12-11(14-7-8-15-12)13-6-5-9-1-3-10(4-2-9)16(18)19/h1-4,7-8H,5-6H2,(H,13,14)(H,15,17). The van der Waals surface area contributed by atoms with E-state index in [1.54, 1.807) is 12.1 Å². The van der Waals surface area contributed by atoms with Gasteiger partial charge in [-0.15, -0.1) is 0 Å². The van der Waals surface area contributed by atoms with Gasteiger partial charge in [0.25, 0.3) is 11.2 Å². The Morgan fingerprint density at radius 2 is 2.05 bits per heavy atom. The van der Waals surface area contributed by atoms with Crippen LogP contribution in [0.3, 0.4) is 0 Å². The molecular formula is C12H12N4O3. The van der Waals surface area contributed by atoms with Gasteiger partial charge in [-0.3, -0.25) is 14.9 Å². The summed E-state index contributed by atoms with van der Waals surface area (Å²) < 4.78 is 0. The molecule has 0 bridgehead atoms. The number of non-ortho nitro benzene ring substituents is 1. The van der Waals surface area contributed by atoms with Crippen LogP contribution in [0.4, 0.5) is 11.5 Å². The van der Waals surface area contributed by atoms with Gasteiger partial charge in [-0.25, -0.2) is 4.98 Å². The minimum atomic E-state index is -0.435. The fourth-order valence-corrected chi connectivity index (χ4v) is 1.59. The van der Waals surface area contributed by atoms with E-state index in [2.05, 4.69) is 15.3 Å². The third-order valence-corrected chi connectivity index (χ3v) is 2.56. The molecule has 0 atom stereocenters. The van der Waals surface area contributed by atoms with Crippen molar-refractivity contribution >= 4 is 11.5 Å². The lowest BCUT2D eigenvalue weighted by Gasteiger charge is -2.04. The number of aromatic amines is 1. The highest BCUT2D eigenvalue weighted by Crippen LogP contribution is 2.12. The Balaban J connectivity index is 1.91. The average molecular weight is 260 g/mol. The molecule has 7 nitrogen and oxygen atoms in total. The Labute approximate surface area is 108 Å². The van der Waals surface area contributed by atoms with Crippen molar-refractivity contribution < 1.29 is 4.92 Å². The second-order valence-electron chi connectivity index (χ2n) is 3.87. The summed E-state index contributed by atoms with van der Waals surface area (Å²) >= 11 is 0. The zero-order valence-electron chi connectivity index (χ0n) is 10.00. The smallest absolute Gasteiger partial charge is 0.290 e. The molecule has 1 aromatic carbocycles. The molecule has 0 spiro atoms. The Hall–Kier alpha value is -2.70. The number of rotatable bonds is 5. The quantitative estimate of drug-likeness (QED) is 0.624. The topological polar surface area (TPSA) is 101 Å². The molecule has 0 radical (unpaired) electrons. The van der Waals surface area contributed by atoms with Gasteiger partial charge < -0.3 is 10.3 Å². The normalized spacial score (nSPS) is 10.1. The summed E-state index contributed by atoms with van der Waals surface area (Å²) in [5.41, 5.74) is 0.745. The third-order valence-electron chi connectivity index (χ3n) is 2.56. The fourth-order valence-electron chi connectivity index (χ4n) is 1.59. The molecule has 0 unspecified atom stereocenters. The van der Waals surface area contributed by atoms with Crippen LogP contribution >= 0.6 is 0 Å². The zero-order chi connectivity index (χ0) is 13.7. The highest BCUT2D eigenvalue weighted by molar-refractivity contribution is 5.34. The largest absolute Gasteiger partial charge is 0.365 e. The van der Waals surface area contributed by atoms with Gasteiger partial charge in [0.15, 0.2) is 5.82 Å². The lowest BCUT2D eigenvalue weighted by molar-refractivity contribution is -0.384. The second-order valence-corrected chi connectivity index (χ2v) is 3.87. The summed E-state index contributed by atoms with van der Waals surface area (Å²) in [5.74, 6) is 0.268. The van der Waals surface area contributed by atoms with Crippen molar-refractivity contribution in [3.05, 3.63) is 62.7 Å². The lowest BCUT2D eigenvalue weighted by Crippen LogP contribution is -2.17. The van der Waals surface area contributed by atoms with Gasteiger partial charge >= 0.3 is 0 Å². The maximum atomic E-state index is 11.3. The first-order valence-electron chi connectivity index (χ1n) is 5.68. The van der Waals surface area contributed by atoms with Gasteiger partial charge in [0.05, 0.1) is 4.92 Å². The van der Waals surface area contributed by atoms with Gasteiger partial charge in [0.2, 0.25) is 0 Å². The van der Waals surface area contributed by atoms with Crippen molar-refractivity contribution in [1.82, 2.24) is 9.97 Å². The molecule has 19 heavy (non-hydrogen) atoms. The van der Waals surface area contributed by atoms with Crippen LogP contribution in [0.5, 0.6) is 0 Å². The summed E-state index contributed by atoms with van der Waals surface area (Å²) in [6, 6.07) is 6.32. The number of benzene rings is 1. The van der Waals surface area contributed by atoms with E-state index in [1.165, 1.54) is 24.5 Å². The molecule has 0 saturated carbocycles. The average Bonchev–Trinajstić information content (AvgIpc) is 2.41. The first-order valence-corrected chi connectivity index (χ1v) is 5.68. The number of hydrogen-bond acceptors (Lipinski definition) is 5. The van der Waals surface area contributed by atoms with Crippen molar-refractivity contribution in [1.29, 1.82) is 0 Å². The first kappa shape index (κ1) is 12.7. The number of nitrogens with zero attached hydrogens (tertiary/aromatic N) is 2. The minimum absolute atomic E-state index is 0.0675. The SMILES string of the molecule is O=c1[nH]ccnc1NCCc1ccc([N+](=O)[O-])cc1. The highest BCUT2D eigenvalue weighted by atomic mass is 16.6. The van der Waals surface area contributed by atoms with Gasteiger partial charge in [-0.05, 0) is 12.0 Å². The molecule has 0 aliphatic heterocycles. The van der Waals surface area contributed by atoms with Crippen molar-refractivity contribution in [2.75, 3.05) is 11.9 Å². The molecule has 0 saturated heterocycles. The number of H-pyrrole nitrogens is 1. The van der Waals surface area contributed by atoms with Crippen LogP contribution in [-0.4, -0.2) is 21.4 Å². The summed E-state index contributed by atoms with van der Waals surface area (Å²) in [6.07, 6.45) is 3.60. The molecule has 0 amide bonds. The van der Waals surface area contributed by atoms with E-state index in [1.807, 2.05) is 0 Å². The van der Waals surface area contributed by atoms with E-state index in [9.17, 15) is 14.9 Å². The van der Waals surface area contributed by atoms with Crippen LogP contribution in [0.25, 0.3) is 0 Å². The van der Waals surface area contributed by atoms with E-state index in [0.717, 1.165) is 5.56 Å². The zero-order valence-corrected chi connectivity index (χ0v) is 10.00. The molecule has 7 heteroatoms. The summed E-state index contributed by atoms with van der Waals surface area (Å²) in [5, 5.41) is 13.4. The van der Waals surface area contributed by atoms with Crippen LogP contribution in [0.2, 0.25) is 0 Å². The van der Waals surface area contributed by atoms with Crippen molar-refractivity contribution in [2.24, 2.45) is 0 Å². The number of nitrogens with one attached hydrogen (secondary N) is 2. The van der Waals surface area contributed by atoms with E-state index < -0.39 is 4.92 Å². The molecule has 2 rings (SSSR count). The maximum Gasteiger partial charge on any atom is 0.290 e. The maximum absolute atomic E-state index is 11.3. The number of aromatic nitrogens is 2. The van der Waals surface area contributed by atoms with E-state index >= 15 is 0 Å². The Morgan fingerprint density at radius 3 is 2.68 bits per heavy atom. The number of anilines is 1. The second kappa shape index (κ2) is 5.76. The first-order chi connectivity index (χ1) is 9.16. The monoisotopic (exact) mass is 260 g/mol. The Kier molecular flexibility index (Phi) is 3.87. The van der Waals surface area contributed by atoms with Gasteiger partial charge in [-0.1, -0.05) is 12.1 Å². The fraction of sp³-hybridized carbons (Fsp3) is 0.167.